The standard InChI is InChI=1S/C6H10S/c1-6(2-3-6)5-4-7-5/h5H,2-4H2,1H3/t5-/m1/s1. The molecule has 7 heavy (non-hydrogen) atoms. The molecule has 40 valence electrons. The molecule has 1 heterocycles. The van der Waals surface area contributed by atoms with Crippen LogP contribution in [0.25, 0.3) is 0 Å². The largest absolute Gasteiger partial charge is 0.156 e. The van der Waals surface area contributed by atoms with Crippen LogP contribution in [-0.2, 0) is 0 Å². The third-order valence-electron chi connectivity index (χ3n) is 2.15. The molecule has 2 fully saturated rings. The van der Waals surface area contributed by atoms with E-state index >= 15 is 0 Å². The Kier molecular flexibility index (Phi) is 0.619. The van der Waals surface area contributed by atoms with Gasteiger partial charge in [-0.15, -0.1) is 0 Å². The second-order valence-electron chi connectivity index (χ2n) is 2.98. The highest BCUT2D eigenvalue weighted by atomic mass is 32.2. The monoisotopic (exact) mass is 114 g/mol. The molecule has 1 aliphatic heterocycles. The van der Waals surface area contributed by atoms with Crippen molar-refractivity contribution in [2.24, 2.45) is 5.41 Å². The molecule has 0 aromatic carbocycles. The van der Waals surface area contributed by atoms with Gasteiger partial charge in [-0.05, 0) is 18.3 Å². The molecule has 0 aromatic heterocycles. The topological polar surface area (TPSA) is 0 Å². The fourth-order valence-corrected chi connectivity index (χ4v) is 2.11. The van der Waals surface area contributed by atoms with E-state index in [-0.39, 0.29) is 0 Å². The van der Waals surface area contributed by atoms with Gasteiger partial charge in [0.2, 0.25) is 0 Å². The maximum Gasteiger partial charge on any atom is 0.0192 e. The third-order valence-corrected chi connectivity index (χ3v) is 3.39. The van der Waals surface area contributed by atoms with Crippen LogP contribution in [0.15, 0.2) is 0 Å². The molecule has 0 bridgehead atoms. The van der Waals surface area contributed by atoms with Crippen molar-refractivity contribution in [3.8, 4) is 0 Å². The first-order valence-electron chi connectivity index (χ1n) is 2.93. The van der Waals surface area contributed by atoms with Gasteiger partial charge >= 0.3 is 0 Å². The van der Waals surface area contributed by atoms with Crippen molar-refractivity contribution in [1.29, 1.82) is 0 Å². The zero-order chi connectivity index (χ0) is 4.91. The van der Waals surface area contributed by atoms with Crippen molar-refractivity contribution < 1.29 is 0 Å². The second kappa shape index (κ2) is 1.02. The molecule has 0 amide bonds. The molecule has 1 heteroatoms. The Hall–Kier alpha value is 0.350. The van der Waals surface area contributed by atoms with Gasteiger partial charge in [0.15, 0.2) is 0 Å². The smallest absolute Gasteiger partial charge is 0.0192 e. The average Bonchev–Trinajstić information content (AvgIpc) is 2.14. The van der Waals surface area contributed by atoms with Crippen LogP contribution in [-0.4, -0.2) is 11.0 Å². The Bertz CT molecular complexity index is 90.4. The van der Waals surface area contributed by atoms with E-state index in [2.05, 4.69) is 18.7 Å². The Morgan fingerprint density at radius 1 is 1.57 bits per heavy atom. The summed E-state index contributed by atoms with van der Waals surface area (Å²) in [6, 6.07) is 0. The minimum atomic E-state index is 0.824. The summed E-state index contributed by atoms with van der Waals surface area (Å²) in [7, 11) is 0. The molecule has 0 spiro atoms. The van der Waals surface area contributed by atoms with Crippen LogP contribution < -0.4 is 0 Å². The van der Waals surface area contributed by atoms with E-state index in [4.69, 9.17) is 0 Å². The Morgan fingerprint density at radius 3 is 2.29 bits per heavy atom. The molecule has 1 saturated carbocycles. The maximum absolute atomic E-state index is 2.41. The number of hydrogen-bond acceptors (Lipinski definition) is 1. The molecule has 1 atom stereocenters. The van der Waals surface area contributed by atoms with E-state index in [9.17, 15) is 0 Å². The molecule has 2 aliphatic rings. The first kappa shape index (κ1) is 4.25. The lowest BCUT2D eigenvalue weighted by molar-refractivity contribution is 0.602. The highest BCUT2D eigenvalue weighted by molar-refractivity contribution is 8.06. The molecular formula is C6H10S. The minimum absolute atomic E-state index is 0.824. The highest BCUT2D eigenvalue weighted by Gasteiger charge is 2.50. The highest BCUT2D eigenvalue weighted by Crippen LogP contribution is 2.59. The summed E-state index contributed by atoms with van der Waals surface area (Å²) in [5.41, 5.74) is 0.824. The number of rotatable bonds is 1. The van der Waals surface area contributed by atoms with Gasteiger partial charge in [0.1, 0.15) is 0 Å². The first-order valence-corrected chi connectivity index (χ1v) is 3.98. The second-order valence-corrected chi connectivity index (χ2v) is 4.21. The van der Waals surface area contributed by atoms with Crippen molar-refractivity contribution in [3.63, 3.8) is 0 Å². The average molecular weight is 114 g/mol. The molecule has 2 rings (SSSR count). The van der Waals surface area contributed by atoms with E-state index in [0.717, 1.165) is 10.7 Å². The van der Waals surface area contributed by atoms with Gasteiger partial charge in [-0.3, -0.25) is 0 Å². The van der Waals surface area contributed by atoms with Crippen LogP contribution in [0.4, 0.5) is 0 Å². The van der Waals surface area contributed by atoms with Crippen molar-refractivity contribution >= 4 is 11.8 Å². The molecule has 1 aliphatic carbocycles. The van der Waals surface area contributed by atoms with E-state index in [1.165, 1.54) is 18.6 Å². The van der Waals surface area contributed by atoms with Gasteiger partial charge < -0.3 is 0 Å². The van der Waals surface area contributed by atoms with Crippen molar-refractivity contribution in [3.05, 3.63) is 0 Å². The van der Waals surface area contributed by atoms with Gasteiger partial charge in [0, 0.05) is 11.0 Å². The normalized spacial score (nSPS) is 43.3. The molecule has 1 saturated heterocycles. The summed E-state index contributed by atoms with van der Waals surface area (Å²) in [5, 5.41) is 1.08. The van der Waals surface area contributed by atoms with Crippen LogP contribution in [0.3, 0.4) is 0 Å². The Labute approximate surface area is 48.7 Å². The molecule has 0 unspecified atom stereocenters. The first-order chi connectivity index (χ1) is 3.31. The van der Waals surface area contributed by atoms with E-state index < -0.39 is 0 Å². The van der Waals surface area contributed by atoms with Gasteiger partial charge in [-0.25, -0.2) is 0 Å². The summed E-state index contributed by atoms with van der Waals surface area (Å²) < 4.78 is 0. The fourth-order valence-electron chi connectivity index (χ4n) is 0.970. The number of thioether (sulfide) groups is 1. The summed E-state index contributed by atoms with van der Waals surface area (Å²) in [5.74, 6) is 1.45. The maximum atomic E-state index is 2.41. The third kappa shape index (κ3) is 0.584. The van der Waals surface area contributed by atoms with Gasteiger partial charge in [-0.1, -0.05) is 6.92 Å². The Balaban J connectivity index is 2.04. The van der Waals surface area contributed by atoms with Gasteiger partial charge in [0.25, 0.3) is 0 Å². The lowest BCUT2D eigenvalue weighted by Crippen LogP contribution is -1.99. The lowest BCUT2D eigenvalue weighted by atomic mass is 10.1. The Morgan fingerprint density at radius 2 is 2.14 bits per heavy atom. The summed E-state index contributed by atoms with van der Waals surface area (Å²) >= 11 is 2.14. The molecule has 0 aromatic rings. The van der Waals surface area contributed by atoms with Crippen molar-refractivity contribution in [2.75, 3.05) is 5.75 Å². The molecule has 0 radical (unpaired) electrons. The van der Waals surface area contributed by atoms with Crippen molar-refractivity contribution in [2.45, 2.75) is 25.0 Å². The van der Waals surface area contributed by atoms with Crippen LogP contribution in [0.1, 0.15) is 19.8 Å². The predicted octanol–water partition coefficient (Wildman–Crippen LogP) is 1.90. The molecule has 0 nitrogen and oxygen atoms in total. The van der Waals surface area contributed by atoms with E-state index in [1.807, 2.05) is 0 Å². The molecule has 0 N–H and O–H groups in total. The van der Waals surface area contributed by atoms with Gasteiger partial charge in [0.05, 0.1) is 0 Å². The minimum Gasteiger partial charge on any atom is -0.156 e. The quantitative estimate of drug-likeness (QED) is 0.469. The number of hydrogen-bond donors (Lipinski definition) is 0. The summed E-state index contributed by atoms with van der Waals surface area (Å²) in [4.78, 5) is 0. The van der Waals surface area contributed by atoms with Crippen LogP contribution in [0, 0.1) is 5.41 Å². The fraction of sp³-hybridized carbons (Fsp3) is 1.00. The predicted molar refractivity (Wildman–Crippen MR) is 33.6 cm³/mol. The zero-order valence-corrected chi connectivity index (χ0v) is 5.42. The lowest BCUT2D eigenvalue weighted by Gasteiger charge is -1.98. The SMILES string of the molecule is CC1([C@H]2CS2)CC1. The van der Waals surface area contributed by atoms with Gasteiger partial charge in [-0.2, -0.15) is 11.8 Å². The van der Waals surface area contributed by atoms with E-state index in [1.54, 1.807) is 0 Å². The van der Waals surface area contributed by atoms with Crippen LogP contribution in [0.2, 0.25) is 0 Å². The van der Waals surface area contributed by atoms with Crippen LogP contribution >= 0.6 is 11.8 Å². The van der Waals surface area contributed by atoms with E-state index in [0.29, 0.717) is 0 Å². The molecular weight excluding hydrogens is 104 g/mol. The summed E-state index contributed by atoms with van der Waals surface area (Å²) in [6.45, 7) is 2.41. The zero-order valence-electron chi connectivity index (χ0n) is 4.61. The van der Waals surface area contributed by atoms with Crippen molar-refractivity contribution in [1.82, 2.24) is 0 Å². The summed E-state index contributed by atoms with van der Waals surface area (Å²) in [6.07, 6.45) is 3.01. The van der Waals surface area contributed by atoms with Crippen LogP contribution in [0.5, 0.6) is 0 Å².